The van der Waals surface area contributed by atoms with Crippen molar-refractivity contribution in [3.8, 4) is 5.75 Å². The molecule has 78 valence electrons. The smallest absolute Gasteiger partial charge is 0.137 e. The molecule has 0 aliphatic carbocycles. The fourth-order valence-electron chi connectivity index (χ4n) is 0.850. The molecule has 0 aromatic heterocycles. The summed E-state index contributed by atoms with van der Waals surface area (Å²) in [7, 11) is 0. The Balaban J connectivity index is 2.55. The first-order valence-corrected chi connectivity index (χ1v) is 6.18. The molecule has 1 aromatic rings. The van der Waals surface area contributed by atoms with Gasteiger partial charge >= 0.3 is 0 Å². The molecule has 0 aliphatic heterocycles. The Morgan fingerprint density at radius 3 is 2.79 bits per heavy atom. The van der Waals surface area contributed by atoms with Crippen molar-refractivity contribution in [2.24, 2.45) is 5.92 Å². The van der Waals surface area contributed by atoms with Crippen LogP contribution in [0, 0.1) is 11.7 Å². The van der Waals surface area contributed by atoms with Gasteiger partial charge in [0, 0.05) is 5.33 Å². The van der Waals surface area contributed by atoms with E-state index in [4.69, 9.17) is 4.74 Å². The highest BCUT2D eigenvalue weighted by Crippen LogP contribution is 2.22. The van der Waals surface area contributed by atoms with E-state index in [1.165, 1.54) is 6.07 Å². The molecule has 14 heavy (non-hydrogen) atoms. The highest BCUT2D eigenvalue weighted by Gasteiger charge is 2.03. The second-order valence-corrected chi connectivity index (χ2v) is 4.65. The van der Waals surface area contributed by atoms with Gasteiger partial charge < -0.3 is 4.74 Å². The first kappa shape index (κ1) is 12.0. The average molecular weight is 326 g/mol. The number of halogens is 3. The van der Waals surface area contributed by atoms with Gasteiger partial charge in [0.25, 0.3) is 0 Å². The van der Waals surface area contributed by atoms with Crippen molar-refractivity contribution >= 4 is 31.9 Å². The molecule has 0 spiro atoms. The van der Waals surface area contributed by atoms with Crippen LogP contribution in [0.2, 0.25) is 0 Å². The zero-order chi connectivity index (χ0) is 10.6. The fourth-order valence-corrected chi connectivity index (χ4v) is 1.39. The highest BCUT2D eigenvalue weighted by atomic mass is 79.9. The Kier molecular flexibility index (Phi) is 4.89. The SMILES string of the molecule is CC(CBr)COc1ccc(F)c(Br)c1. The lowest BCUT2D eigenvalue weighted by atomic mass is 10.2. The Morgan fingerprint density at radius 2 is 2.21 bits per heavy atom. The molecule has 1 aromatic carbocycles. The predicted octanol–water partition coefficient (Wildman–Crippen LogP) is 4.00. The van der Waals surface area contributed by atoms with Crippen molar-refractivity contribution in [1.29, 1.82) is 0 Å². The molecule has 0 heterocycles. The van der Waals surface area contributed by atoms with Gasteiger partial charge in [-0.25, -0.2) is 4.39 Å². The topological polar surface area (TPSA) is 9.23 Å². The highest BCUT2D eigenvalue weighted by molar-refractivity contribution is 9.10. The first-order valence-electron chi connectivity index (χ1n) is 4.27. The monoisotopic (exact) mass is 324 g/mol. The van der Waals surface area contributed by atoms with Crippen molar-refractivity contribution in [2.45, 2.75) is 6.92 Å². The summed E-state index contributed by atoms with van der Waals surface area (Å²) in [5.41, 5.74) is 0. The lowest BCUT2D eigenvalue weighted by molar-refractivity contribution is 0.273. The molecule has 4 heteroatoms. The number of hydrogen-bond donors (Lipinski definition) is 0. The second-order valence-electron chi connectivity index (χ2n) is 3.15. The number of ether oxygens (including phenoxy) is 1. The van der Waals surface area contributed by atoms with Gasteiger partial charge in [0.2, 0.25) is 0 Å². The third kappa shape index (κ3) is 3.58. The lowest BCUT2D eigenvalue weighted by Crippen LogP contribution is -2.09. The summed E-state index contributed by atoms with van der Waals surface area (Å²) in [5.74, 6) is 0.857. The number of alkyl halides is 1. The van der Waals surface area contributed by atoms with Gasteiger partial charge in [-0.1, -0.05) is 22.9 Å². The summed E-state index contributed by atoms with van der Waals surface area (Å²) in [6.07, 6.45) is 0. The molecule has 0 N–H and O–H groups in total. The minimum atomic E-state index is -0.272. The van der Waals surface area contributed by atoms with Crippen LogP contribution in [0.25, 0.3) is 0 Å². The van der Waals surface area contributed by atoms with Crippen molar-refractivity contribution < 1.29 is 9.13 Å². The molecule has 0 aliphatic rings. The average Bonchev–Trinajstić information content (AvgIpc) is 2.19. The van der Waals surface area contributed by atoms with Crippen molar-refractivity contribution in [2.75, 3.05) is 11.9 Å². The standard InChI is InChI=1S/C10H11Br2FO/c1-7(5-11)6-14-8-2-3-10(13)9(12)4-8/h2-4,7H,5-6H2,1H3. The minimum Gasteiger partial charge on any atom is -0.493 e. The first-order chi connectivity index (χ1) is 6.63. The molecule has 1 atom stereocenters. The normalized spacial score (nSPS) is 12.6. The quantitative estimate of drug-likeness (QED) is 0.760. The lowest BCUT2D eigenvalue weighted by Gasteiger charge is -2.10. The van der Waals surface area contributed by atoms with Gasteiger partial charge in [-0.2, -0.15) is 0 Å². The van der Waals surface area contributed by atoms with Gasteiger partial charge in [-0.3, -0.25) is 0 Å². The van der Waals surface area contributed by atoms with E-state index in [1.807, 2.05) is 0 Å². The molecular weight excluding hydrogens is 315 g/mol. The zero-order valence-electron chi connectivity index (χ0n) is 7.77. The van der Waals surface area contributed by atoms with E-state index in [2.05, 4.69) is 38.8 Å². The molecular formula is C10H11Br2FO. The summed E-state index contributed by atoms with van der Waals surface area (Å²) >= 11 is 6.47. The number of benzene rings is 1. The minimum absolute atomic E-state index is 0.272. The van der Waals surface area contributed by atoms with Gasteiger partial charge in [-0.05, 0) is 40.0 Å². The molecule has 0 saturated heterocycles. The molecule has 0 radical (unpaired) electrons. The van der Waals surface area contributed by atoms with Crippen LogP contribution >= 0.6 is 31.9 Å². The Bertz CT molecular complexity index is 304. The summed E-state index contributed by atoms with van der Waals surface area (Å²) in [6.45, 7) is 2.71. The third-order valence-electron chi connectivity index (χ3n) is 1.69. The van der Waals surface area contributed by atoms with E-state index in [-0.39, 0.29) is 5.82 Å². The van der Waals surface area contributed by atoms with Crippen LogP contribution in [-0.4, -0.2) is 11.9 Å². The molecule has 1 unspecified atom stereocenters. The molecule has 0 amide bonds. The van der Waals surface area contributed by atoms with Crippen LogP contribution in [0.3, 0.4) is 0 Å². The van der Waals surface area contributed by atoms with Crippen molar-refractivity contribution in [1.82, 2.24) is 0 Å². The summed E-state index contributed by atoms with van der Waals surface area (Å²) in [4.78, 5) is 0. The molecule has 0 saturated carbocycles. The third-order valence-corrected chi connectivity index (χ3v) is 3.40. The summed E-state index contributed by atoms with van der Waals surface area (Å²) in [5, 5.41) is 0.898. The van der Waals surface area contributed by atoms with E-state index in [9.17, 15) is 4.39 Å². The fraction of sp³-hybridized carbons (Fsp3) is 0.400. The Morgan fingerprint density at radius 1 is 1.50 bits per heavy atom. The predicted molar refractivity (Wildman–Crippen MR) is 62.6 cm³/mol. The van der Waals surface area contributed by atoms with Crippen molar-refractivity contribution in [3.63, 3.8) is 0 Å². The van der Waals surface area contributed by atoms with Gasteiger partial charge in [-0.15, -0.1) is 0 Å². The van der Waals surface area contributed by atoms with E-state index in [0.29, 0.717) is 22.7 Å². The van der Waals surface area contributed by atoms with Crippen LogP contribution in [0.4, 0.5) is 4.39 Å². The Hall–Kier alpha value is -0.0900. The van der Waals surface area contributed by atoms with Crippen LogP contribution in [0.5, 0.6) is 5.75 Å². The maximum absolute atomic E-state index is 12.9. The van der Waals surface area contributed by atoms with Gasteiger partial charge in [0.15, 0.2) is 0 Å². The van der Waals surface area contributed by atoms with Gasteiger partial charge in [0.05, 0.1) is 11.1 Å². The van der Waals surface area contributed by atoms with Crippen LogP contribution in [0.1, 0.15) is 6.92 Å². The molecule has 1 rings (SSSR count). The van der Waals surface area contributed by atoms with E-state index in [0.717, 1.165) is 5.33 Å². The number of rotatable bonds is 4. The summed E-state index contributed by atoms with van der Waals surface area (Å²) < 4.78 is 18.8. The molecule has 0 bridgehead atoms. The maximum atomic E-state index is 12.9. The van der Waals surface area contributed by atoms with E-state index >= 15 is 0 Å². The summed E-state index contributed by atoms with van der Waals surface area (Å²) in [6, 6.07) is 4.65. The van der Waals surface area contributed by atoms with Crippen LogP contribution < -0.4 is 4.74 Å². The maximum Gasteiger partial charge on any atom is 0.137 e. The Labute approximate surface area is 99.9 Å². The van der Waals surface area contributed by atoms with Gasteiger partial charge in [0.1, 0.15) is 11.6 Å². The second kappa shape index (κ2) is 5.71. The zero-order valence-corrected chi connectivity index (χ0v) is 10.9. The van der Waals surface area contributed by atoms with E-state index in [1.54, 1.807) is 12.1 Å². The molecule has 0 fully saturated rings. The van der Waals surface area contributed by atoms with Crippen LogP contribution in [0.15, 0.2) is 22.7 Å². The van der Waals surface area contributed by atoms with Crippen molar-refractivity contribution in [3.05, 3.63) is 28.5 Å². The number of hydrogen-bond acceptors (Lipinski definition) is 1. The largest absolute Gasteiger partial charge is 0.493 e. The molecule has 1 nitrogen and oxygen atoms in total. The van der Waals surface area contributed by atoms with Crippen LogP contribution in [-0.2, 0) is 0 Å². The van der Waals surface area contributed by atoms with E-state index < -0.39 is 0 Å².